The molecule has 122 valence electrons. The van der Waals surface area contributed by atoms with Crippen molar-refractivity contribution in [3.05, 3.63) is 48.0 Å². The maximum absolute atomic E-state index is 11.0. The molecule has 0 spiro atoms. The molecule has 0 saturated heterocycles. The van der Waals surface area contributed by atoms with Gasteiger partial charge in [0.2, 0.25) is 5.91 Å². The summed E-state index contributed by atoms with van der Waals surface area (Å²) >= 11 is 0. The molecule has 0 bridgehead atoms. The zero-order valence-electron chi connectivity index (χ0n) is 13.2. The van der Waals surface area contributed by atoms with Crippen molar-refractivity contribution in [3.63, 3.8) is 0 Å². The quantitative estimate of drug-likeness (QED) is 0.236. The van der Waals surface area contributed by atoms with E-state index in [1.807, 2.05) is 25.3 Å². The minimum atomic E-state index is -0.410. The number of benzene rings is 1. The highest BCUT2D eigenvalue weighted by Crippen LogP contribution is 2.04. The standard InChI is InChI=1S/C16H24N4O.HI/c1-4-5-6-11-20(3)16(18-2)19-12-13-7-9-14(10-8-13)15(17)21;/h4,7-10H,1,5-6,11-12H2,2-3H3,(H2,17,21)(H,18,19);1H. The van der Waals surface area contributed by atoms with Crippen LogP contribution in [0.3, 0.4) is 0 Å². The molecule has 0 fully saturated rings. The van der Waals surface area contributed by atoms with Crippen LogP contribution in [0.4, 0.5) is 0 Å². The molecule has 0 atom stereocenters. The fourth-order valence-electron chi connectivity index (χ4n) is 1.93. The Morgan fingerprint density at radius 3 is 2.55 bits per heavy atom. The minimum absolute atomic E-state index is 0. The van der Waals surface area contributed by atoms with Gasteiger partial charge in [0.1, 0.15) is 0 Å². The Hall–Kier alpha value is -1.57. The van der Waals surface area contributed by atoms with Crippen LogP contribution in [0.15, 0.2) is 41.9 Å². The first kappa shape index (κ1) is 20.4. The van der Waals surface area contributed by atoms with Crippen LogP contribution in [0.1, 0.15) is 28.8 Å². The van der Waals surface area contributed by atoms with Gasteiger partial charge in [-0.1, -0.05) is 18.2 Å². The number of carbonyl (C=O) groups is 1. The normalized spacial score (nSPS) is 10.5. The van der Waals surface area contributed by atoms with Gasteiger partial charge in [-0.25, -0.2) is 0 Å². The lowest BCUT2D eigenvalue weighted by molar-refractivity contribution is 0.100. The summed E-state index contributed by atoms with van der Waals surface area (Å²) in [4.78, 5) is 17.4. The van der Waals surface area contributed by atoms with Crippen molar-refractivity contribution in [1.29, 1.82) is 0 Å². The Balaban J connectivity index is 0.00000441. The summed E-state index contributed by atoms with van der Waals surface area (Å²) in [5.74, 6) is 0.435. The first-order valence-electron chi connectivity index (χ1n) is 7.00. The van der Waals surface area contributed by atoms with E-state index in [4.69, 9.17) is 5.73 Å². The maximum atomic E-state index is 11.0. The van der Waals surface area contributed by atoms with Gasteiger partial charge in [-0.05, 0) is 30.5 Å². The van der Waals surface area contributed by atoms with Gasteiger partial charge in [-0.15, -0.1) is 30.6 Å². The van der Waals surface area contributed by atoms with Gasteiger partial charge in [0.05, 0.1) is 0 Å². The summed E-state index contributed by atoms with van der Waals surface area (Å²) in [7, 11) is 3.77. The second-order valence-electron chi connectivity index (χ2n) is 4.81. The molecule has 0 aromatic heterocycles. The Bertz CT molecular complexity index is 499. The van der Waals surface area contributed by atoms with Crippen molar-refractivity contribution >= 4 is 35.8 Å². The predicted molar refractivity (Wildman–Crippen MR) is 103 cm³/mol. The Morgan fingerprint density at radius 2 is 2.05 bits per heavy atom. The first-order chi connectivity index (χ1) is 10.1. The summed E-state index contributed by atoms with van der Waals surface area (Å²) in [6, 6.07) is 7.24. The van der Waals surface area contributed by atoms with Gasteiger partial charge in [0, 0.05) is 32.7 Å². The number of nitrogens with zero attached hydrogens (tertiary/aromatic N) is 2. The van der Waals surface area contributed by atoms with Crippen LogP contribution in [0, 0.1) is 0 Å². The molecule has 0 aliphatic rings. The molecule has 3 N–H and O–H groups in total. The van der Waals surface area contributed by atoms with Gasteiger partial charge in [-0.3, -0.25) is 9.79 Å². The average Bonchev–Trinajstić information content (AvgIpc) is 2.48. The zero-order valence-corrected chi connectivity index (χ0v) is 15.5. The Kier molecular flexibility index (Phi) is 10.3. The van der Waals surface area contributed by atoms with Gasteiger partial charge >= 0.3 is 0 Å². The van der Waals surface area contributed by atoms with Crippen LogP contribution in [-0.2, 0) is 6.54 Å². The molecule has 5 nitrogen and oxygen atoms in total. The molecule has 1 aromatic rings. The molecule has 1 rings (SSSR count). The van der Waals surface area contributed by atoms with Gasteiger partial charge in [-0.2, -0.15) is 0 Å². The highest BCUT2D eigenvalue weighted by molar-refractivity contribution is 14.0. The van der Waals surface area contributed by atoms with Gasteiger partial charge in [0.15, 0.2) is 5.96 Å². The van der Waals surface area contributed by atoms with Crippen molar-refractivity contribution in [2.45, 2.75) is 19.4 Å². The third-order valence-electron chi connectivity index (χ3n) is 3.16. The largest absolute Gasteiger partial charge is 0.366 e. The third-order valence-corrected chi connectivity index (χ3v) is 3.16. The molecule has 6 heteroatoms. The molecular formula is C16H25IN4O. The predicted octanol–water partition coefficient (Wildman–Crippen LogP) is 2.38. The van der Waals surface area contributed by atoms with E-state index in [2.05, 4.69) is 21.8 Å². The summed E-state index contributed by atoms with van der Waals surface area (Å²) in [6.45, 7) is 5.29. The molecule has 1 amide bonds. The second-order valence-corrected chi connectivity index (χ2v) is 4.81. The highest BCUT2D eigenvalue weighted by atomic mass is 127. The van der Waals surface area contributed by atoms with Crippen LogP contribution in [0.5, 0.6) is 0 Å². The lowest BCUT2D eigenvalue weighted by Crippen LogP contribution is -2.38. The summed E-state index contributed by atoms with van der Waals surface area (Å²) in [5.41, 5.74) is 6.81. The summed E-state index contributed by atoms with van der Waals surface area (Å²) in [6.07, 6.45) is 3.97. The lowest BCUT2D eigenvalue weighted by Gasteiger charge is -2.21. The molecule has 0 saturated carbocycles. The molecule has 0 aliphatic carbocycles. The third kappa shape index (κ3) is 6.93. The summed E-state index contributed by atoms with van der Waals surface area (Å²) < 4.78 is 0. The van der Waals surface area contributed by atoms with Crippen molar-refractivity contribution in [2.75, 3.05) is 20.6 Å². The molecule has 0 heterocycles. The number of hydrogen-bond acceptors (Lipinski definition) is 2. The molecule has 0 radical (unpaired) electrons. The number of aliphatic imine (C=N–C) groups is 1. The SMILES string of the molecule is C=CCCCN(C)C(=NC)NCc1ccc(C(N)=O)cc1.I. The van der Waals surface area contributed by atoms with E-state index in [0.717, 1.165) is 30.9 Å². The van der Waals surface area contributed by atoms with Crippen molar-refractivity contribution < 1.29 is 4.79 Å². The number of rotatable bonds is 7. The van der Waals surface area contributed by atoms with Crippen molar-refractivity contribution in [3.8, 4) is 0 Å². The second kappa shape index (κ2) is 11.1. The number of primary amides is 1. The highest BCUT2D eigenvalue weighted by Gasteiger charge is 2.05. The average molecular weight is 416 g/mol. The van der Waals surface area contributed by atoms with Crippen LogP contribution in [-0.4, -0.2) is 37.4 Å². The van der Waals surface area contributed by atoms with Crippen LogP contribution < -0.4 is 11.1 Å². The Morgan fingerprint density at radius 1 is 1.41 bits per heavy atom. The Labute approximate surface area is 149 Å². The molecule has 22 heavy (non-hydrogen) atoms. The topological polar surface area (TPSA) is 70.7 Å². The fraction of sp³-hybridized carbons (Fsp3) is 0.375. The smallest absolute Gasteiger partial charge is 0.248 e. The molecule has 0 unspecified atom stereocenters. The van der Waals surface area contributed by atoms with Crippen LogP contribution >= 0.6 is 24.0 Å². The lowest BCUT2D eigenvalue weighted by atomic mass is 10.1. The van der Waals surface area contributed by atoms with Crippen molar-refractivity contribution in [1.82, 2.24) is 10.2 Å². The molecular weight excluding hydrogens is 391 g/mol. The zero-order chi connectivity index (χ0) is 15.7. The summed E-state index contributed by atoms with van der Waals surface area (Å²) in [5, 5.41) is 3.30. The van der Waals surface area contributed by atoms with Gasteiger partial charge < -0.3 is 16.0 Å². The monoisotopic (exact) mass is 416 g/mol. The van der Waals surface area contributed by atoms with E-state index < -0.39 is 5.91 Å². The maximum Gasteiger partial charge on any atom is 0.248 e. The number of amides is 1. The van der Waals surface area contributed by atoms with E-state index in [0.29, 0.717) is 12.1 Å². The number of unbranched alkanes of at least 4 members (excludes halogenated alkanes) is 1. The van der Waals surface area contributed by atoms with E-state index in [1.54, 1.807) is 19.2 Å². The van der Waals surface area contributed by atoms with Gasteiger partial charge in [0.25, 0.3) is 0 Å². The molecule has 0 aliphatic heterocycles. The minimum Gasteiger partial charge on any atom is -0.366 e. The number of allylic oxidation sites excluding steroid dienone is 1. The number of nitrogens with one attached hydrogen (secondary N) is 1. The number of nitrogens with two attached hydrogens (primary N) is 1. The van der Waals surface area contributed by atoms with E-state index >= 15 is 0 Å². The number of hydrogen-bond donors (Lipinski definition) is 2. The fourth-order valence-corrected chi connectivity index (χ4v) is 1.93. The molecule has 1 aromatic carbocycles. The van der Waals surface area contributed by atoms with E-state index in [9.17, 15) is 4.79 Å². The van der Waals surface area contributed by atoms with Crippen LogP contribution in [0.25, 0.3) is 0 Å². The number of halogens is 1. The first-order valence-corrected chi connectivity index (χ1v) is 7.00. The van der Waals surface area contributed by atoms with Crippen molar-refractivity contribution in [2.24, 2.45) is 10.7 Å². The van der Waals surface area contributed by atoms with E-state index in [-0.39, 0.29) is 24.0 Å². The number of guanidine groups is 1. The van der Waals surface area contributed by atoms with Crippen LogP contribution in [0.2, 0.25) is 0 Å². The number of carbonyl (C=O) groups excluding carboxylic acids is 1. The van der Waals surface area contributed by atoms with E-state index in [1.165, 1.54) is 0 Å².